The standard InChI is InChI=1S/C32H31FN6O3/c1-4-38(5-2)31(41)23-10-16-27(28(19-23)42-3)35-32-36-29-17-11-24(20-39(29)37-32)22-8-14-26(15-9-22)34-30(40)18-21-6-12-25(33)13-7-21/h6-17,19-20H,4-5,18H2,1-3H3,(H,34,40)(H,35,37). The van der Waals surface area contributed by atoms with Crippen LogP contribution in [0.5, 0.6) is 5.75 Å². The molecular weight excluding hydrogens is 535 g/mol. The van der Waals surface area contributed by atoms with Crippen LogP contribution in [0.15, 0.2) is 85.1 Å². The highest BCUT2D eigenvalue weighted by Gasteiger charge is 2.16. The van der Waals surface area contributed by atoms with Gasteiger partial charge in [-0.3, -0.25) is 9.59 Å². The minimum absolute atomic E-state index is 0.0522. The van der Waals surface area contributed by atoms with Crippen molar-refractivity contribution >= 4 is 34.8 Å². The number of hydrogen-bond acceptors (Lipinski definition) is 6. The fourth-order valence-corrected chi connectivity index (χ4v) is 4.59. The van der Waals surface area contributed by atoms with Gasteiger partial charge in [0.15, 0.2) is 5.65 Å². The predicted octanol–water partition coefficient (Wildman–Crippen LogP) is 5.95. The Morgan fingerprint density at radius 2 is 1.64 bits per heavy atom. The Balaban J connectivity index is 1.27. The van der Waals surface area contributed by atoms with Crippen LogP contribution in [0.3, 0.4) is 0 Å². The van der Waals surface area contributed by atoms with E-state index in [2.05, 4.69) is 20.7 Å². The summed E-state index contributed by atoms with van der Waals surface area (Å²) >= 11 is 0. The van der Waals surface area contributed by atoms with E-state index in [0.29, 0.717) is 47.4 Å². The molecule has 2 amide bonds. The molecule has 0 spiro atoms. The lowest BCUT2D eigenvalue weighted by atomic mass is 10.1. The smallest absolute Gasteiger partial charge is 0.253 e. The molecular formula is C32H31FN6O3. The van der Waals surface area contributed by atoms with Gasteiger partial charge in [0.25, 0.3) is 5.91 Å². The van der Waals surface area contributed by atoms with Crippen molar-refractivity contribution in [2.45, 2.75) is 20.3 Å². The first-order valence-electron chi connectivity index (χ1n) is 13.6. The largest absolute Gasteiger partial charge is 0.495 e. The van der Waals surface area contributed by atoms with E-state index in [-0.39, 0.29) is 24.1 Å². The normalized spacial score (nSPS) is 10.9. The van der Waals surface area contributed by atoms with Gasteiger partial charge in [-0.25, -0.2) is 8.91 Å². The first kappa shape index (κ1) is 28.3. The highest BCUT2D eigenvalue weighted by atomic mass is 19.1. The summed E-state index contributed by atoms with van der Waals surface area (Å²) in [5.41, 5.74) is 5.10. The van der Waals surface area contributed by atoms with E-state index in [1.807, 2.05) is 56.4 Å². The van der Waals surface area contributed by atoms with Crippen molar-refractivity contribution in [1.29, 1.82) is 0 Å². The zero-order chi connectivity index (χ0) is 29.6. The average Bonchev–Trinajstić information content (AvgIpc) is 3.41. The number of amides is 2. The number of methoxy groups -OCH3 is 1. The Morgan fingerprint density at radius 1 is 0.929 bits per heavy atom. The topological polar surface area (TPSA) is 101 Å². The maximum Gasteiger partial charge on any atom is 0.253 e. The summed E-state index contributed by atoms with van der Waals surface area (Å²) in [6.45, 7) is 5.15. The number of pyridine rings is 1. The fraction of sp³-hybridized carbons (Fsp3) is 0.188. The summed E-state index contributed by atoms with van der Waals surface area (Å²) in [7, 11) is 1.55. The van der Waals surface area contributed by atoms with E-state index in [4.69, 9.17) is 4.74 Å². The quantitative estimate of drug-likeness (QED) is 0.217. The van der Waals surface area contributed by atoms with Gasteiger partial charge >= 0.3 is 0 Å². The molecule has 3 aromatic carbocycles. The van der Waals surface area contributed by atoms with Crippen LogP contribution in [-0.4, -0.2) is 51.5 Å². The van der Waals surface area contributed by atoms with Crippen LogP contribution in [0.1, 0.15) is 29.8 Å². The first-order valence-corrected chi connectivity index (χ1v) is 13.6. The Bertz CT molecular complexity index is 1710. The average molecular weight is 567 g/mol. The summed E-state index contributed by atoms with van der Waals surface area (Å²) in [4.78, 5) is 31.4. The van der Waals surface area contributed by atoms with Crippen LogP contribution in [-0.2, 0) is 11.2 Å². The summed E-state index contributed by atoms with van der Waals surface area (Å²) < 4.78 is 20.3. The van der Waals surface area contributed by atoms with Gasteiger partial charge < -0.3 is 20.3 Å². The van der Waals surface area contributed by atoms with Crippen molar-refractivity contribution in [3.05, 3.63) is 102 Å². The number of nitrogens with zero attached hydrogens (tertiary/aromatic N) is 4. The molecule has 0 saturated heterocycles. The van der Waals surface area contributed by atoms with Gasteiger partial charge in [0.2, 0.25) is 11.9 Å². The van der Waals surface area contributed by atoms with Crippen molar-refractivity contribution in [1.82, 2.24) is 19.5 Å². The van der Waals surface area contributed by atoms with Crippen molar-refractivity contribution < 1.29 is 18.7 Å². The molecule has 10 heteroatoms. The number of hydrogen-bond donors (Lipinski definition) is 2. The van der Waals surface area contributed by atoms with Gasteiger partial charge in [-0.2, -0.15) is 4.98 Å². The van der Waals surface area contributed by atoms with E-state index in [1.165, 1.54) is 12.1 Å². The Hall–Kier alpha value is -5.25. The zero-order valence-electron chi connectivity index (χ0n) is 23.6. The van der Waals surface area contributed by atoms with Gasteiger partial charge in [0.1, 0.15) is 11.6 Å². The molecule has 0 aliphatic rings. The van der Waals surface area contributed by atoms with Crippen LogP contribution in [0.25, 0.3) is 16.8 Å². The monoisotopic (exact) mass is 566 g/mol. The van der Waals surface area contributed by atoms with Crippen LogP contribution in [0, 0.1) is 5.82 Å². The lowest BCUT2D eigenvalue weighted by molar-refractivity contribution is -0.115. The molecule has 214 valence electrons. The molecule has 0 fully saturated rings. The van der Waals surface area contributed by atoms with Gasteiger partial charge in [-0.1, -0.05) is 24.3 Å². The van der Waals surface area contributed by atoms with E-state index < -0.39 is 0 Å². The predicted molar refractivity (Wildman–Crippen MR) is 161 cm³/mol. The van der Waals surface area contributed by atoms with Gasteiger partial charge in [0, 0.05) is 36.1 Å². The Morgan fingerprint density at radius 3 is 2.33 bits per heavy atom. The number of rotatable bonds is 10. The molecule has 2 N–H and O–H groups in total. The van der Waals surface area contributed by atoms with Crippen molar-refractivity contribution in [2.75, 3.05) is 30.8 Å². The number of carbonyl (C=O) groups is 2. The summed E-state index contributed by atoms with van der Waals surface area (Å²) in [6, 6.07) is 22.4. The van der Waals surface area contributed by atoms with Crippen molar-refractivity contribution in [2.24, 2.45) is 0 Å². The lowest BCUT2D eigenvalue weighted by Crippen LogP contribution is -2.30. The number of ether oxygens (including phenoxy) is 1. The molecule has 0 saturated carbocycles. The minimum atomic E-state index is -0.332. The van der Waals surface area contributed by atoms with Crippen LogP contribution < -0.4 is 15.4 Å². The molecule has 0 atom stereocenters. The molecule has 0 aliphatic heterocycles. The molecule has 0 unspecified atom stereocenters. The van der Waals surface area contributed by atoms with Gasteiger partial charge in [-0.05, 0) is 79.6 Å². The van der Waals surface area contributed by atoms with E-state index in [1.54, 1.807) is 46.9 Å². The molecule has 5 rings (SSSR count). The second-order valence-corrected chi connectivity index (χ2v) is 9.60. The number of benzene rings is 3. The lowest BCUT2D eigenvalue weighted by Gasteiger charge is -2.19. The third-order valence-corrected chi connectivity index (χ3v) is 6.86. The Kier molecular flexibility index (Phi) is 8.42. The number of halogens is 1. The van der Waals surface area contributed by atoms with E-state index in [0.717, 1.165) is 16.7 Å². The van der Waals surface area contributed by atoms with Crippen molar-refractivity contribution in [3.8, 4) is 16.9 Å². The van der Waals surface area contributed by atoms with Crippen LogP contribution >= 0.6 is 0 Å². The highest BCUT2D eigenvalue weighted by Crippen LogP contribution is 2.29. The molecule has 2 heterocycles. The van der Waals surface area contributed by atoms with Gasteiger partial charge in [0.05, 0.1) is 19.2 Å². The molecule has 9 nitrogen and oxygen atoms in total. The fourth-order valence-electron chi connectivity index (χ4n) is 4.59. The molecule has 2 aromatic heterocycles. The summed E-state index contributed by atoms with van der Waals surface area (Å²) in [5, 5.41) is 10.6. The second-order valence-electron chi connectivity index (χ2n) is 9.60. The third-order valence-electron chi connectivity index (χ3n) is 6.86. The summed E-state index contributed by atoms with van der Waals surface area (Å²) in [6.07, 6.45) is 2.03. The third kappa shape index (κ3) is 6.38. The van der Waals surface area contributed by atoms with Gasteiger partial charge in [-0.15, -0.1) is 5.10 Å². The number of fused-ring (bicyclic) bond motifs is 1. The number of nitrogens with one attached hydrogen (secondary N) is 2. The second kappa shape index (κ2) is 12.5. The Labute approximate surface area is 243 Å². The number of anilines is 3. The SMILES string of the molecule is CCN(CC)C(=O)c1ccc(Nc2nc3ccc(-c4ccc(NC(=O)Cc5ccc(F)cc5)cc4)cn3n2)c(OC)c1. The molecule has 0 radical (unpaired) electrons. The van der Waals surface area contributed by atoms with Crippen LogP contribution in [0.4, 0.5) is 21.7 Å². The number of carbonyl (C=O) groups excluding carboxylic acids is 2. The van der Waals surface area contributed by atoms with Crippen LogP contribution in [0.2, 0.25) is 0 Å². The highest BCUT2D eigenvalue weighted by molar-refractivity contribution is 5.95. The summed E-state index contributed by atoms with van der Waals surface area (Å²) in [5.74, 6) is 0.329. The first-order chi connectivity index (χ1) is 20.4. The number of aromatic nitrogens is 3. The maximum absolute atomic E-state index is 13.1. The maximum atomic E-state index is 13.1. The van der Waals surface area contributed by atoms with Crippen molar-refractivity contribution in [3.63, 3.8) is 0 Å². The molecule has 42 heavy (non-hydrogen) atoms. The minimum Gasteiger partial charge on any atom is -0.495 e. The van der Waals surface area contributed by atoms with E-state index >= 15 is 0 Å². The van der Waals surface area contributed by atoms with E-state index in [9.17, 15) is 14.0 Å². The zero-order valence-corrected chi connectivity index (χ0v) is 23.6. The molecule has 0 bridgehead atoms. The molecule has 5 aromatic rings. The molecule has 0 aliphatic carbocycles.